The van der Waals surface area contributed by atoms with E-state index in [1.165, 1.54) is 24.9 Å². The molecule has 0 saturated carbocycles. The van der Waals surface area contributed by atoms with Crippen LogP contribution in [0.4, 0.5) is 11.6 Å². The Morgan fingerprint density at radius 2 is 1.89 bits per heavy atom. The van der Waals surface area contributed by atoms with Crippen LogP contribution in [0.15, 0.2) is 34.9 Å². The minimum Gasteiger partial charge on any atom is -0.371 e. The Morgan fingerprint density at radius 3 is 2.61 bits per heavy atom. The van der Waals surface area contributed by atoms with Crippen LogP contribution in [0.1, 0.15) is 19.3 Å². The van der Waals surface area contributed by atoms with Gasteiger partial charge in [0, 0.05) is 30.4 Å². The van der Waals surface area contributed by atoms with Gasteiger partial charge < -0.3 is 15.2 Å². The van der Waals surface area contributed by atoms with Gasteiger partial charge in [0.25, 0.3) is 0 Å². The topological polar surface area (TPSA) is 55.3 Å². The zero-order valence-corrected chi connectivity index (χ0v) is 10.3. The minimum absolute atomic E-state index is 0.360. The molecule has 1 aromatic carbocycles. The van der Waals surface area contributed by atoms with E-state index < -0.39 is 0 Å². The summed E-state index contributed by atoms with van der Waals surface area (Å²) < 4.78 is 4.97. The number of nitrogens with zero attached hydrogens (tertiary/aromatic N) is 2. The first kappa shape index (κ1) is 11.1. The third-order valence-electron chi connectivity index (χ3n) is 3.41. The fourth-order valence-corrected chi connectivity index (χ4v) is 2.52. The first-order valence-electron chi connectivity index (χ1n) is 6.41. The second kappa shape index (κ2) is 4.72. The Bertz CT molecular complexity index is 529. The van der Waals surface area contributed by atoms with Crippen molar-refractivity contribution in [1.29, 1.82) is 0 Å². The number of nitrogens with two attached hydrogens (primary N) is 1. The van der Waals surface area contributed by atoms with E-state index in [0.29, 0.717) is 5.88 Å². The van der Waals surface area contributed by atoms with E-state index in [0.717, 1.165) is 24.3 Å². The van der Waals surface area contributed by atoms with Crippen LogP contribution in [-0.4, -0.2) is 18.2 Å². The number of para-hydroxylation sites is 1. The van der Waals surface area contributed by atoms with Crippen molar-refractivity contribution in [2.75, 3.05) is 23.7 Å². The van der Waals surface area contributed by atoms with Gasteiger partial charge in [-0.25, -0.2) is 0 Å². The summed E-state index contributed by atoms with van der Waals surface area (Å²) in [6.07, 6.45) is 3.85. The summed E-state index contributed by atoms with van der Waals surface area (Å²) in [6, 6.07) is 10.1. The van der Waals surface area contributed by atoms with Crippen LogP contribution in [0.5, 0.6) is 0 Å². The summed E-state index contributed by atoms with van der Waals surface area (Å²) >= 11 is 0. The predicted molar refractivity (Wildman–Crippen MR) is 72.4 cm³/mol. The van der Waals surface area contributed by atoms with Gasteiger partial charge in [0.05, 0.1) is 0 Å². The number of anilines is 2. The van der Waals surface area contributed by atoms with Gasteiger partial charge in [-0.15, -0.1) is 0 Å². The highest BCUT2D eigenvalue weighted by atomic mass is 16.5. The highest BCUT2D eigenvalue weighted by Crippen LogP contribution is 2.32. The first-order valence-corrected chi connectivity index (χ1v) is 6.41. The highest BCUT2D eigenvalue weighted by Gasteiger charge is 2.16. The number of hydrogen-bond donors (Lipinski definition) is 1. The standard InChI is InChI=1S/C14H17N3O/c15-14-10-12(16-18-14)11-6-2-3-7-13(11)17-8-4-1-5-9-17/h2-3,6-7,10H,1,4-5,8-9,15H2. The lowest BCUT2D eigenvalue weighted by Gasteiger charge is -2.30. The molecule has 0 bridgehead atoms. The Labute approximate surface area is 106 Å². The second-order valence-corrected chi connectivity index (χ2v) is 4.68. The molecule has 2 aromatic rings. The lowest BCUT2D eigenvalue weighted by Crippen LogP contribution is -2.29. The normalized spacial score (nSPS) is 15.9. The molecule has 3 rings (SSSR count). The maximum absolute atomic E-state index is 5.60. The first-order chi connectivity index (χ1) is 8.84. The zero-order chi connectivity index (χ0) is 12.4. The largest absolute Gasteiger partial charge is 0.371 e. The van der Waals surface area contributed by atoms with Crippen LogP contribution in [0, 0.1) is 0 Å². The fraction of sp³-hybridized carbons (Fsp3) is 0.357. The van der Waals surface area contributed by atoms with Gasteiger partial charge in [0.1, 0.15) is 5.69 Å². The van der Waals surface area contributed by atoms with E-state index in [2.05, 4.69) is 28.3 Å². The lowest BCUT2D eigenvalue weighted by molar-refractivity contribution is 0.439. The number of piperidine rings is 1. The van der Waals surface area contributed by atoms with Gasteiger partial charge >= 0.3 is 0 Å². The van der Waals surface area contributed by atoms with Gasteiger partial charge in [-0.3, -0.25) is 0 Å². The van der Waals surface area contributed by atoms with Gasteiger partial charge in [-0.05, 0) is 25.3 Å². The lowest BCUT2D eigenvalue weighted by atomic mass is 10.1. The Morgan fingerprint density at radius 1 is 1.11 bits per heavy atom. The number of rotatable bonds is 2. The number of nitrogen functional groups attached to an aromatic ring is 1. The van der Waals surface area contributed by atoms with E-state index >= 15 is 0 Å². The molecule has 1 aromatic heterocycles. The van der Waals surface area contributed by atoms with Gasteiger partial charge in [-0.1, -0.05) is 23.4 Å². The quantitative estimate of drug-likeness (QED) is 0.881. The van der Waals surface area contributed by atoms with Crippen molar-refractivity contribution in [3.63, 3.8) is 0 Å². The van der Waals surface area contributed by atoms with Crippen LogP contribution in [0.3, 0.4) is 0 Å². The molecule has 18 heavy (non-hydrogen) atoms. The van der Waals surface area contributed by atoms with Crippen LogP contribution in [-0.2, 0) is 0 Å². The molecule has 0 spiro atoms. The highest BCUT2D eigenvalue weighted by molar-refractivity contribution is 5.77. The van der Waals surface area contributed by atoms with Crippen molar-refractivity contribution in [3.8, 4) is 11.3 Å². The number of hydrogen-bond acceptors (Lipinski definition) is 4. The molecule has 2 heterocycles. The molecule has 1 saturated heterocycles. The molecule has 1 fully saturated rings. The average Bonchev–Trinajstić information content (AvgIpc) is 2.86. The predicted octanol–water partition coefficient (Wildman–Crippen LogP) is 2.91. The van der Waals surface area contributed by atoms with Crippen LogP contribution in [0.25, 0.3) is 11.3 Å². The second-order valence-electron chi connectivity index (χ2n) is 4.68. The molecule has 0 radical (unpaired) electrons. The maximum atomic E-state index is 5.60. The van der Waals surface area contributed by atoms with E-state index in [4.69, 9.17) is 10.3 Å². The van der Waals surface area contributed by atoms with Crippen molar-refractivity contribution in [3.05, 3.63) is 30.3 Å². The van der Waals surface area contributed by atoms with Crippen molar-refractivity contribution >= 4 is 11.6 Å². The summed E-state index contributed by atoms with van der Waals surface area (Å²) in [7, 11) is 0. The summed E-state index contributed by atoms with van der Waals surface area (Å²) in [4.78, 5) is 2.42. The summed E-state index contributed by atoms with van der Waals surface area (Å²) in [6.45, 7) is 2.23. The van der Waals surface area contributed by atoms with Gasteiger partial charge in [0.15, 0.2) is 0 Å². The van der Waals surface area contributed by atoms with Crippen molar-refractivity contribution in [1.82, 2.24) is 5.16 Å². The van der Waals surface area contributed by atoms with Gasteiger partial charge in [0.2, 0.25) is 5.88 Å². The van der Waals surface area contributed by atoms with E-state index in [-0.39, 0.29) is 0 Å². The van der Waals surface area contributed by atoms with Crippen LogP contribution < -0.4 is 10.6 Å². The van der Waals surface area contributed by atoms with Crippen LogP contribution >= 0.6 is 0 Å². The molecule has 1 aliphatic heterocycles. The molecule has 2 N–H and O–H groups in total. The molecule has 94 valence electrons. The smallest absolute Gasteiger partial charge is 0.222 e. The molecule has 0 aliphatic carbocycles. The molecular formula is C14H17N3O. The fourth-order valence-electron chi connectivity index (χ4n) is 2.52. The molecule has 0 amide bonds. The monoisotopic (exact) mass is 243 g/mol. The Balaban J connectivity index is 1.99. The molecular weight excluding hydrogens is 226 g/mol. The molecule has 0 atom stereocenters. The SMILES string of the molecule is Nc1cc(-c2ccccc2N2CCCCC2)no1. The number of aromatic nitrogens is 1. The average molecular weight is 243 g/mol. The van der Waals surface area contributed by atoms with E-state index in [9.17, 15) is 0 Å². The molecule has 0 unspecified atom stereocenters. The molecule has 1 aliphatic rings. The zero-order valence-electron chi connectivity index (χ0n) is 10.3. The summed E-state index contributed by atoms with van der Waals surface area (Å²) in [5.41, 5.74) is 8.74. The molecule has 4 nitrogen and oxygen atoms in total. The van der Waals surface area contributed by atoms with Crippen molar-refractivity contribution in [2.45, 2.75) is 19.3 Å². The Kier molecular flexibility index (Phi) is 2.92. The summed E-state index contributed by atoms with van der Waals surface area (Å²) in [5.74, 6) is 0.360. The number of benzene rings is 1. The minimum atomic E-state index is 0.360. The van der Waals surface area contributed by atoms with E-state index in [1.54, 1.807) is 6.07 Å². The van der Waals surface area contributed by atoms with Crippen LogP contribution in [0.2, 0.25) is 0 Å². The molecule has 4 heteroatoms. The van der Waals surface area contributed by atoms with Crippen molar-refractivity contribution in [2.24, 2.45) is 0 Å². The maximum Gasteiger partial charge on any atom is 0.222 e. The Hall–Kier alpha value is -1.97. The van der Waals surface area contributed by atoms with E-state index in [1.807, 2.05) is 6.07 Å². The van der Waals surface area contributed by atoms with Crippen molar-refractivity contribution < 1.29 is 4.52 Å². The third-order valence-corrected chi connectivity index (χ3v) is 3.41. The van der Waals surface area contributed by atoms with Gasteiger partial charge in [-0.2, -0.15) is 0 Å². The third kappa shape index (κ3) is 2.06. The summed E-state index contributed by atoms with van der Waals surface area (Å²) in [5, 5.41) is 4.01.